The van der Waals surface area contributed by atoms with E-state index in [1.165, 1.54) is 18.2 Å². The van der Waals surface area contributed by atoms with Crippen molar-refractivity contribution in [2.45, 2.75) is 26.8 Å². The topological polar surface area (TPSA) is 42.2 Å². The molecule has 0 spiro atoms. The highest BCUT2D eigenvalue weighted by Gasteiger charge is 2.07. The van der Waals surface area contributed by atoms with Gasteiger partial charge in [-0.15, -0.1) is 0 Å². The molecule has 0 unspecified atom stereocenters. The van der Waals surface area contributed by atoms with Gasteiger partial charge in [0.2, 0.25) is 0 Å². The molecule has 0 amide bonds. The first-order chi connectivity index (χ1) is 11.1. The molecule has 0 bridgehead atoms. The van der Waals surface area contributed by atoms with Gasteiger partial charge in [-0.3, -0.25) is 0 Å². The Bertz CT molecular complexity index is 915. The third-order valence-electron chi connectivity index (χ3n) is 3.96. The van der Waals surface area contributed by atoms with E-state index in [-0.39, 0.29) is 11.4 Å². The molecule has 0 atom stereocenters. The Morgan fingerprint density at radius 2 is 1.96 bits per heavy atom. The molecule has 118 valence electrons. The van der Waals surface area contributed by atoms with Crippen LogP contribution in [0.15, 0.2) is 51.7 Å². The van der Waals surface area contributed by atoms with Gasteiger partial charge in [0.25, 0.3) is 0 Å². The highest BCUT2D eigenvalue weighted by molar-refractivity contribution is 5.81. The van der Waals surface area contributed by atoms with Crippen LogP contribution in [0.25, 0.3) is 11.0 Å². The molecule has 0 radical (unpaired) electrons. The second kappa shape index (κ2) is 6.24. The first kappa shape index (κ1) is 15.3. The molecule has 0 saturated carbocycles. The normalized spacial score (nSPS) is 10.9. The molecule has 2 aromatic carbocycles. The van der Waals surface area contributed by atoms with Crippen molar-refractivity contribution in [1.29, 1.82) is 0 Å². The lowest BCUT2D eigenvalue weighted by atomic mass is 10.1. The SMILES string of the molecule is CCc1ccc2c(CNc3ccc(F)cc3C)cc(=O)oc2c1. The quantitative estimate of drug-likeness (QED) is 0.725. The van der Waals surface area contributed by atoms with Crippen molar-refractivity contribution >= 4 is 16.7 Å². The summed E-state index contributed by atoms with van der Waals surface area (Å²) in [5.74, 6) is -0.258. The third-order valence-corrected chi connectivity index (χ3v) is 3.96. The number of benzene rings is 2. The molecule has 1 heterocycles. The van der Waals surface area contributed by atoms with Gasteiger partial charge >= 0.3 is 5.63 Å². The second-order valence-electron chi connectivity index (χ2n) is 5.59. The smallest absolute Gasteiger partial charge is 0.336 e. The minimum Gasteiger partial charge on any atom is -0.423 e. The predicted octanol–water partition coefficient (Wildman–Crippen LogP) is 4.42. The highest BCUT2D eigenvalue weighted by Crippen LogP contribution is 2.21. The van der Waals surface area contributed by atoms with Gasteiger partial charge in [0.1, 0.15) is 11.4 Å². The Labute approximate surface area is 133 Å². The Kier molecular flexibility index (Phi) is 4.15. The van der Waals surface area contributed by atoms with Crippen LogP contribution in [0.2, 0.25) is 0 Å². The highest BCUT2D eigenvalue weighted by atomic mass is 19.1. The summed E-state index contributed by atoms with van der Waals surface area (Å²) in [6.45, 7) is 4.37. The van der Waals surface area contributed by atoms with Gasteiger partial charge in [0.05, 0.1) is 0 Å². The average molecular weight is 311 g/mol. The van der Waals surface area contributed by atoms with Gasteiger partial charge in [-0.1, -0.05) is 19.1 Å². The molecule has 3 aromatic rings. The van der Waals surface area contributed by atoms with Gasteiger partial charge in [0.15, 0.2) is 0 Å². The van der Waals surface area contributed by atoms with Crippen LogP contribution >= 0.6 is 0 Å². The fourth-order valence-corrected chi connectivity index (χ4v) is 2.66. The molecular weight excluding hydrogens is 293 g/mol. The van der Waals surface area contributed by atoms with Crippen molar-refractivity contribution in [3.63, 3.8) is 0 Å². The number of hydrogen-bond donors (Lipinski definition) is 1. The van der Waals surface area contributed by atoms with Crippen LogP contribution in [0.4, 0.5) is 10.1 Å². The zero-order valence-electron chi connectivity index (χ0n) is 13.2. The number of rotatable bonds is 4. The maximum absolute atomic E-state index is 13.2. The summed E-state index contributed by atoms with van der Waals surface area (Å²) < 4.78 is 18.5. The lowest BCUT2D eigenvalue weighted by Crippen LogP contribution is -2.06. The summed E-state index contributed by atoms with van der Waals surface area (Å²) in [6.07, 6.45) is 0.886. The maximum atomic E-state index is 13.2. The molecule has 0 aliphatic rings. The van der Waals surface area contributed by atoms with E-state index in [4.69, 9.17) is 4.42 Å². The minimum atomic E-state index is -0.363. The van der Waals surface area contributed by atoms with E-state index in [1.807, 2.05) is 25.1 Å². The van der Waals surface area contributed by atoms with Gasteiger partial charge in [-0.2, -0.15) is 0 Å². The van der Waals surface area contributed by atoms with Gasteiger partial charge in [-0.05, 0) is 54.3 Å². The molecule has 3 rings (SSSR count). The van der Waals surface area contributed by atoms with Gasteiger partial charge in [-0.25, -0.2) is 9.18 Å². The number of nitrogens with one attached hydrogen (secondary N) is 1. The predicted molar refractivity (Wildman–Crippen MR) is 90.3 cm³/mol. The molecule has 0 aliphatic heterocycles. The van der Waals surface area contributed by atoms with E-state index in [0.717, 1.165) is 34.2 Å². The Morgan fingerprint density at radius 1 is 1.13 bits per heavy atom. The molecule has 0 aliphatic carbocycles. The summed E-state index contributed by atoms with van der Waals surface area (Å²) >= 11 is 0. The Morgan fingerprint density at radius 3 is 2.70 bits per heavy atom. The molecule has 1 N–H and O–H groups in total. The van der Waals surface area contributed by atoms with Crippen molar-refractivity contribution in [2.24, 2.45) is 0 Å². The lowest BCUT2D eigenvalue weighted by molar-refractivity contribution is 0.559. The molecule has 0 fully saturated rings. The van der Waals surface area contributed by atoms with Crippen LogP contribution in [-0.2, 0) is 13.0 Å². The summed E-state index contributed by atoms with van der Waals surface area (Å²) in [6, 6.07) is 12.0. The minimum absolute atomic E-state index is 0.258. The van der Waals surface area contributed by atoms with Gasteiger partial charge < -0.3 is 9.73 Å². The van der Waals surface area contributed by atoms with Crippen LogP contribution in [0, 0.1) is 12.7 Å². The van der Waals surface area contributed by atoms with Crippen LogP contribution in [-0.4, -0.2) is 0 Å². The largest absolute Gasteiger partial charge is 0.423 e. The standard InChI is InChI=1S/C19H18FNO2/c1-3-13-4-6-16-14(10-19(22)23-18(16)9-13)11-21-17-7-5-15(20)8-12(17)2/h4-10,21H,3,11H2,1-2H3. The van der Waals surface area contributed by atoms with E-state index in [2.05, 4.69) is 12.2 Å². The second-order valence-corrected chi connectivity index (χ2v) is 5.59. The summed E-state index contributed by atoms with van der Waals surface area (Å²) in [4.78, 5) is 11.8. The zero-order chi connectivity index (χ0) is 16.4. The molecule has 0 saturated heterocycles. The third kappa shape index (κ3) is 3.26. The monoisotopic (exact) mass is 311 g/mol. The van der Waals surface area contributed by atoms with Crippen LogP contribution in [0.5, 0.6) is 0 Å². The summed E-state index contributed by atoms with van der Waals surface area (Å²) in [5, 5.41) is 4.17. The van der Waals surface area contributed by atoms with Crippen molar-refractivity contribution < 1.29 is 8.81 Å². The van der Waals surface area contributed by atoms with Crippen molar-refractivity contribution in [2.75, 3.05) is 5.32 Å². The fourth-order valence-electron chi connectivity index (χ4n) is 2.66. The average Bonchev–Trinajstić information content (AvgIpc) is 2.53. The number of fused-ring (bicyclic) bond motifs is 1. The van der Waals surface area contributed by atoms with Crippen LogP contribution in [0.3, 0.4) is 0 Å². The molecule has 23 heavy (non-hydrogen) atoms. The number of anilines is 1. The van der Waals surface area contributed by atoms with Crippen molar-refractivity contribution in [3.8, 4) is 0 Å². The molecule has 3 nitrogen and oxygen atoms in total. The first-order valence-electron chi connectivity index (χ1n) is 7.62. The van der Waals surface area contributed by atoms with Crippen molar-refractivity contribution in [3.05, 3.63) is 75.4 Å². The summed E-state index contributed by atoms with van der Waals surface area (Å²) in [5.41, 5.74) is 3.90. The Hall–Kier alpha value is -2.62. The van der Waals surface area contributed by atoms with E-state index < -0.39 is 0 Å². The summed E-state index contributed by atoms with van der Waals surface area (Å²) in [7, 11) is 0. The molecular formula is C19H18FNO2. The van der Waals surface area contributed by atoms with Crippen LogP contribution < -0.4 is 10.9 Å². The van der Waals surface area contributed by atoms with Gasteiger partial charge in [0, 0.05) is 23.7 Å². The van der Waals surface area contributed by atoms with Crippen LogP contribution in [0.1, 0.15) is 23.6 Å². The first-order valence-corrected chi connectivity index (χ1v) is 7.62. The van der Waals surface area contributed by atoms with E-state index in [1.54, 1.807) is 6.07 Å². The number of aryl methyl sites for hydroxylation is 2. The van der Waals surface area contributed by atoms with E-state index in [9.17, 15) is 9.18 Å². The van der Waals surface area contributed by atoms with Crippen molar-refractivity contribution in [1.82, 2.24) is 0 Å². The molecule has 1 aromatic heterocycles. The fraction of sp³-hybridized carbons (Fsp3) is 0.211. The lowest BCUT2D eigenvalue weighted by Gasteiger charge is -2.11. The zero-order valence-corrected chi connectivity index (χ0v) is 13.2. The maximum Gasteiger partial charge on any atom is 0.336 e. The number of hydrogen-bond acceptors (Lipinski definition) is 3. The molecule has 4 heteroatoms. The Balaban J connectivity index is 1.94. The van der Waals surface area contributed by atoms with E-state index in [0.29, 0.717) is 12.1 Å². The van der Waals surface area contributed by atoms with E-state index >= 15 is 0 Å². The number of halogens is 1.